The summed E-state index contributed by atoms with van der Waals surface area (Å²) in [5, 5.41) is 3.14. The summed E-state index contributed by atoms with van der Waals surface area (Å²) in [6, 6.07) is 0.0549. The molecule has 0 aromatic carbocycles. The number of hydrogen-bond donors (Lipinski definition) is 2. The predicted octanol–water partition coefficient (Wildman–Crippen LogP) is 3.08. The number of amides is 1. The maximum atomic E-state index is 12.3. The number of nitrogens with one attached hydrogen (secondary N) is 1. The van der Waals surface area contributed by atoms with Gasteiger partial charge >= 0.3 is 0 Å². The van der Waals surface area contributed by atoms with Gasteiger partial charge in [-0.3, -0.25) is 4.79 Å². The smallest absolute Gasteiger partial charge is 0.224 e. The van der Waals surface area contributed by atoms with Gasteiger partial charge in [0, 0.05) is 12.6 Å². The molecule has 0 bridgehead atoms. The van der Waals surface area contributed by atoms with Gasteiger partial charge in [-0.2, -0.15) is 0 Å². The third kappa shape index (κ3) is 4.21. The molecule has 3 heteroatoms. The van der Waals surface area contributed by atoms with Gasteiger partial charge in [-0.15, -0.1) is 0 Å². The Morgan fingerprint density at radius 2 is 1.80 bits per heavy atom. The topological polar surface area (TPSA) is 55.1 Å². The molecule has 2 rings (SSSR count). The first-order valence-electron chi connectivity index (χ1n) is 8.61. The molecule has 3 atom stereocenters. The van der Waals surface area contributed by atoms with Gasteiger partial charge in [0.05, 0.1) is 5.92 Å². The highest BCUT2D eigenvalue weighted by Gasteiger charge is 2.32. The van der Waals surface area contributed by atoms with E-state index in [9.17, 15) is 4.79 Å². The summed E-state index contributed by atoms with van der Waals surface area (Å²) in [6.07, 6.45) is 9.86. The maximum absolute atomic E-state index is 12.3. The largest absolute Gasteiger partial charge is 0.356 e. The van der Waals surface area contributed by atoms with Crippen LogP contribution in [0.4, 0.5) is 0 Å². The van der Waals surface area contributed by atoms with E-state index < -0.39 is 0 Å². The van der Waals surface area contributed by atoms with Crippen molar-refractivity contribution < 1.29 is 4.79 Å². The van der Waals surface area contributed by atoms with Crippen LogP contribution in [0.3, 0.4) is 0 Å². The van der Waals surface area contributed by atoms with Crippen molar-refractivity contribution in [2.45, 2.75) is 71.3 Å². The molecule has 0 saturated heterocycles. The maximum Gasteiger partial charge on any atom is 0.224 e. The molecule has 3 nitrogen and oxygen atoms in total. The van der Waals surface area contributed by atoms with E-state index in [1.54, 1.807) is 0 Å². The van der Waals surface area contributed by atoms with Crippen LogP contribution < -0.4 is 11.1 Å². The second kappa shape index (κ2) is 7.44. The van der Waals surface area contributed by atoms with Crippen molar-refractivity contribution in [1.82, 2.24) is 5.32 Å². The molecule has 116 valence electrons. The first kappa shape index (κ1) is 15.8. The number of carbonyl (C=O) groups is 1. The van der Waals surface area contributed by atoms with Crippen molar-refractivity contribution in [3.05, 3.63) is 0 Å². The molecule has 0 radical (unpaired) electrons. The minimum absolute atomic E-state index is 0.0464. The summed E-state index contributed by atoms with van der Waals surface area (Å²) in [7, 11) is 0. The lowest BCUT2D eigenvalue weighted by molar-refractivity contribution is -0.127. The highest BCUT2D eigenvalue weighted by atomic mass is 16.1. The van der Waals surface area contributed by atoms with E-state index in [0.29, 0.717) is 5.92 Å². The molecule has 2 aliphatic carbocycles. The van der Waals surface area contributed by atoms with Gasteiger partial charge in [0.25, 0.3) is 0 Å². The fourth-order valence-corrected chi connectivity index (χ4v) is 3.90. The van der Waals surface area contributed by atoms with Crippen molar-refractivity contribution in [1.29, 1.82) is 0 Å². The van der Waals surface area contributed by atoms with Crippen molar-refractivity contribution in [3.8, 4) is 0 Å². The molecule has 2 fully saturated rings. The highest BCUT2D eigenvalue weighted by Crippen LogP contribution is 2.30. The Hall–Kier alpha value is -0.570. The molecule has 3 unspecified atom stereocenters. The number of nitrogens with two attached hydrogens (primary N) is 1. The van der Waals surface area contributed by atoms with Gasteiger partial charge in [0.15, 0.2) is 0 Å². The summed E-state index contributed by atoms with van der Waals surface area (Å²) in [5.41, 5.74) is 6.19. The lowest BCUT2D eigenvalue weighted by Gasteiger charge is -2.33. The van der Waals surface area contributed by atoms with Gasteiger partial charge in [-0.05, 0) is 37.0 Å². The molecule has 0 aromatic rings. The van der Waals surface area contributed by atoms with E-state index in [1.165, 1.54) is 32.1 Å². The van der Waals surface area contributed by atoms with E-state index in [-0.39, 0.29) is 17.9 Å². The Kier molecular flexibility index (Phi) is 5.88. The monoisotopic (exact) mass is 280 g/mol. The lowest BCUT2D eigenvalue weighted by atomic mass is 9.77. The van der Waals surface area contributed by atoms with Crippen LogP contribution in [0.2, 0.25) is 0 Å². The quantitative estimate of drug-likeness (QED) is 0.831. The second-order valence-corrected chi connectivity index (χ2v) is 7.30. The molecule has 0 spiro atoms. The van der Waals surface area contributed by atoms with Crippen LogP contribution in [0, 0.1) is 23.7 Å². The summed E-state index contributed by atoms with van der Waals surface area (Å²) >= 11 is 0. The van der Waals surface area contributed by atoms with Crippen LogP contribution in [0.25, 0.3) is 0 Å². The number of hydrogen-bond acceptors (Lipinski definition) is 2. The Labute approximate surface area is 124 Å². The van der Waals surface area contributed by atoms with Crippen LogP contribution in [0.5, 0.6) is 0 Å². The Balaban J connectivity index is 1.67. The van der Waals surface area contributed by atoms with Crippen molar-refractivity contribution in [2.24, 2.45) is 29.4 Å². The van der Waals surface area contributed by atoms with Gasteiger partial charge in [0.1, 0.15) is 0 Å². The Morgan fingerprint density at radius 3 is 2.50 bits per heavy atom. The fraction of sp³-hybridized carbons (Fsp3) is 0.941. The third-order valence-electron chi connectivity index (χ3n) is 5.62. The molecule has 2 saturated carbocycles. The lowest BCUT2D eigenvalue weighted by Crippen LogP contribution is -2.47. The average Bonchev–Trinajstić information content (AvgIpc) is 2.44. The SMILES string of the molecule is CC1CCC(CCNC(=O)C2CCCC(C)C2N)CC1. The molecule has 3 N–H and O–H groups in total. The van der Waals surface area contributed by atoms with Crippen LogP contribution in [0.1, 0.15) is 65.2 Å². The zero-order valence-corrected chi connectivity index (χ0v) is 13.2. The Bertz CT molecular complexity index is 310. The van der Waals surface area contributed by atoms with Crippen LogP contribution in [-0.4, -0.2) is 18.5 Å². The van der Waals surface area contributed by atoms with Crippen molar-refractivity contribution in [2.75, 3.05) is 6.54 Å². The van der Waals surface area contributed by atoms with E-state index in [1.807, 2.05) is 0 Å². The molecule has 20 heavy (non-hydrogen) atoms. The molecule has 2 aliphatic rings. The summed E-state index contributed by atoms with van der Waals surface area (Å²) in [4.78, 5) is 12.3. The first-order valence-corrected chi connectivity index (χ1v) is 8.61. The molecule has 0 heterocycles. The molecule has 1 amide bonds. The molecule has 0 aromatic heterocycles. The fourth-order valence-electron chi connectivity index (χ4n) is 3.90. The average molecular weight is 280 g/mol. The van der Waals surface area contributed by atoms with Crippen LogP contribution in [-0.2, 0) is 4.79 Å². The number of carbonyl (C=O) groups excluding carboxylic acids is 1. The molecular formula is C17H32N2O. The number of rotatable bonds is 4. The van der Waals surface area contributed by atoms with E-state index >= 15 is 0 Å². The predicted molar refractivity (Wildman–Crippen MR) is 83.2 cm³/mol. The molecular weight excluding hydrogens is 248 g/mol. The normalized spacial score (nSPS) is 38.5. The van der Waals surface area contributed by atoms with Gasteiger partial charge < -0.3 is 11.1 Å². The van der Waals surface area contributed by atoms with Gasteiger partial charge in [-0.25, -0.2) is 0 Å². The van der Waals surface area contributed by atoms with E-state index in [4.69, 9.17) is 5.73 Å². The van der Waals surface area contributed by atoms with E-state index in [0.717, 1.165) is 37.6 Å². The minimum atomic E-state index is 0.0464. The standard InChI is InChI=1S/C17H32N2O/c1-12-6-8-14(9-7-12)10-11-19-17(20)15-5-3-4-13(2)16(15)18/h12-16H,3-11,18H2,1-2H3,(H,19,20). The van der Waals surface area contributed by atoms with Crippen molar-refractivity contribution >= 4 is 5.91 Å². The van der Waals surface area contributed by atoms with Crippen LogP contribution in [0.15, 0.2) is 0 Å². The minimum Gasteiger partial charge on any atom is -0.356 e. The summed E-state index contributed by atoms with van der Waals surface area (Å²) in [5.74, 6) is 2.46. The molecule has 0 aliphatic heterocycles. The van der Waals surface area contributed by atoms with E-state index in [2.05, 4.69) is 19.2 Å². The zero-order valence-electron chi connectivity index (χ0n) is 13.2. The summed E-state index contributed by atoms with van der Waals surface area (Å²) in [6.45, 7) is 5.37. The summed E-state index contributed by atoms with van der Waals surface area (Å²) < 4.78 is 0. The first-order chi connectivity index (χ1) is 9.58. The van der Waals surface area contributed by atoms with Gasteiger partial charge in [-0.1, -0.05) is 46.0 Å². The second-order valence-electron chi connectivity index (χ2n) is 7.30. The highest BCUT2D eigenvalue weighted by molar-refractivity contribution is 5.79. The van der Waals surface area contributed by atoms with Crippen molar-refractivity contribution in [3.63, 3.8) is 0 Å². The van der Waals surface area contributed by atoms with Gasteiger partial charge in [0.2, 0.25) is 5.91 Å². The zero-order chi connectivity index (χ0) is 14.5. The Morgan fingerprint density at radius 1 is 1.10 bits per heavy atom. The van der Waals surface area contributed by atoms with Crippen LogP contribution >= 0.6 is 0 Å². The third-order valence-corrected chi connectivity index (χ3v) is 5.62.